The van der Waals surface area contributed by atoms with Crippen LogP contribution in [0, 0.1) is 0 Å². The Kier molecular flexibility index (Phi) is 5.78. The number of ether oxygens (including phenoxy) is 1. The molecule has 0 unspecified atom stereocenters. The van der Waals surface area contributed by atoms with E-state index in [0.717, 1.165) is 5.69 Å². The van der Waals surface area contributed by atoms with Crippen molar-refractivity contribution in [2.24, 2.45) is 0 Å². The third kappa shape index (κ3) is 4.79. The van der Waals surface area contributed by atoms with Gasteiger partial charge in [0.15, 0.2) is 0 Å². The van der Waals surface area contributed by atoms with E-state index in [1.165, 1.54) is 6.92 Å². The van der Waals surface area contributed by atoms with Gasteiger partial charge in [-0.05, 0) is 48.5 Å². The molecule has 2 aromatic rings. The minimum Gasteiger partial charge on any atom is -0.497 e. The summed E-state index contributed by atoms with van der Waals surface area (Å²) in [4.78, 5) is 37.2. The van der Waals surface area contributed by atoms with Gasteiger partial charge in [0.1, 0.15) is 5.75 Å². The number of rotatable bonds is 5. The molecule has 0 spiro atoms. The largest absolute Gasteiger partial charge is 0.497 e. The standard InChI is InChI=1S/C20H22N4O4/c1-13(25)21-14-3-5-15(6-4-14)22-20(27)23-16-11-19(26)24(12-16)17-7-9-18(28-2)10-8-17/h3-10,16H,11-12H2,1-2H3,(H,21,25)(H2,22,23,27)/t16-/m0/s1. The molecular weight excluding hydrogens is 360 g/mol. The van der Waals surface area contributed by atoms with Crippen molar-refractivity contribution in [3.63, 3.8) is 0 Å². The zero-order valence-corrected chi connectivity index (χ0v) is 15.7. The molecule has 1 saturated heterocycles. The quantitative estimate of drug-likeness (QED) is 0.740. The minimum absolute atomic E-state index is 0.0462. The minimum atomic E-state index is -0.387. The molecule has 1 aliphatic rings. The molecule has 1 heterocycles. The van der Waals surface area contributed by atoms with Gasteiger partial charge in [-0.1, -0.05) is 0 Å². The summed E-state index contributed by atoms with van der Waals surface area (Å²) < 4.78 is 5.13. The maximum absolute atomic E-state index is 12.3. The second kappa shape index (κ2) is 8.43. The van der Waals surface area contributed by atoms with Crippen molar-refractivity contribution in [3.05, 3.63) is 48.5 Å². The molecule has 1 fully saturated rings. The van der Waals surface area contributed by atoms with Gasteiger partial charge in [-0.25, -0.2) is 4.79 Å². The maximum atomic E-state index is 12.3. The number of methoxy groups -OCH3 is 1. The summed E-state index contributed by atoms with van der Waals surface area (Å²) in [6.45, 7) is 1.83. The molecular formula is C20H22N4O4. The Morgan fingerprint density at radius 2 is 1.61 bits per heavy atom. The number of urea groups is 1. The fraction of sp³-hybridized carbons (Fsp3) is 0.250. The molecule has 3 N–H and O–H groups in total. The predicted octanol–water partition coefficient (Wildman–Crippen LogP) is 2.58. The van der Waals surface area contributed by atoms with Crippen LogP contribution in [0.15, 0.2) is 48.5 Å². The topological polar surface area (TPSA) is 99.8 Å². The van der Waals surface area contributed by atoms with E-state index in [-0.39, 0.29) is 30.3 Å². The lowest BCUT2D eigenvalue weighted by Gasteiger charge is -2.18. The summed E-state index contributed by atoms with van der Waals surface area (Å²) in [5.74, 6) is 0.509. The van der Waals surface area contributed by atoms with Crippen LogP contribution in [-0.2, 0) is 9.59 Å². The highest BCUT2D eigenvalue weighted by Gasteiger charge is 2.31. The van der Waals surface area contributed by atoms with Gasteiger partial charge in [0.25, 0.3) is 0 Å². The first kappa shape index (κ1) is 19.2. The number of hydrogen-bond donors (Lipinski definition) is 3. The van der Waals surface area contributed by atoms with Crippen molar-refractivity contribution in [1.29, 1.82) is 0 Å². The molecule has 146 valence electrons. The zero-order chi connectivity index (χ0) is 20.1. The maximum Gasteiger partial charge on any atom is 0.319 e. The second-order valence-corrected chi connectivity index (χ2v) is 6.46. The van der Waals surface area contributed by atoms with Crippen LogP contribution in [-0.4, -0.2) is 37.5 Å². The van der Waals surface area contributed by atoms with E-state index < -0.39 is 0 Å². The lowest BCUT2D eigenvalue weighted by molar-refractivity contribution is -0.117. The fourth-order valence-electron chi connectivity index (χ4n) is 3.01. The van der Waals surface area contributed by atoms with Gasteiger partial charge in [0, 0.05) is 37.0 Å². The number of benzene rings is 2. The van der Waals surface area contributed by atoms with Gasteiger partial charge in [0.05, 0.1) is 13.2 Å². The summed E-state index contributed by atoms with van der Waals surface area (Å²) in [5, 5.41) is 8.20. The average molecular weight is 382 g/mol. The highest BCUT2D eigenvalue weighted by molar-refractivity contribution is 5.97. The van der Waals surface area contributed by atoms with Crippen molar-refractivity contribution in [3.8, 4) is 5.75 Å². The van der Waals surface area contributed by atoms with Crippen molar-refractivity contribution < 1.29 is 19.1 Å². The fourth-order valence-corrected chi connectivity index (χ4v) is 3.01. The number of carbonyl (C=O) groups excluding carboxylic acids is 3. The van der Waals surface area contributed by atoms with Gasteiger partial charge >= 0.3 is 6.03 Å². The lowest BCUT2D eigenvalue weighted by Crippen LogP contribution is -2.39. The van der Waals surface area contributed by atoms with Crippen molar-refractivity contribution >= 4 is 34.9 Å². The average Bonchev–Trinajstić information content (AvgIpc) is 3.03. The number of nitrogens with zero attached hydrogens (tertiary/aromatic N) is 1. The molecule has 0 aliphatic carbocycles. The number of hydrogen-bond acceptors (Lipinski definition) is 4. The van der Waals surface area contributed by atoms with Crippen molar-refractivity contribution in [2.45, 2.75) is 19.4 Å². The van der Waals surface area contributed by atoms with E-state index in [1.54, 1.807) is 48.4 Å². The molecule has 0 bridgehead atoms. The van der Waals surface area contributed by atoms with Crippen LogP contribution >= 0.6 is 0 Å². The van der Waals surface area contributed by atoms with E-state index in [0.29, 0.717) is 23.7 Å². The molecule has 0 saturated carbocycles. The van der Waals surface area contributed by atoms with Gasteiger partial charge in [0.2, 0.25) is 11.8 Å². The summed E-state index contributed by atoms with van der Waals surface area (Å²) in [7, 11) is 1.59. The highest BCUT2D eigenvalue weighted by Crippen LogP contribution is 2.24. The Balaban J connectivity index is 1.54. The molecule has 0 aromatic heterocycles. The molecule has 2 aromatic carbocycles. The van der Waals surface area contributed by atoms with Crippen LogP contribution in [0.1, 0.15) is 13.3 Å². The van der Waals surface area contributed by atoms with E-state index in [4.69, 9.17) is 4.74 Å². The Hall–Kier alpha value is -3.55. The first-order chi connectivity index (χ1) is 13.4. The Bertz CT molecular complexity index is 865. The number of anilines is 3. The molecule has 28 heavy (non-hydrogen) atoms. The van der Waals surface area contributed by atoms with Crippen LogP contribution in [0.4, 0.5) is 21.9 Å². The molecule has 4 amide bonds. The third-order valence-electron chi connectivity index (χ3n) is 4.31. The molecule has 0 radical (unpaired) electrons. The molecule has 1 atom stereocenters. The lowest BCUT2D eigenvalue weighted by atomic mass is 10.2. The summed E-state index contributed by atoms with van der Waals surface area (Å²) in [6, 6.07) is 13.3. The SMILES string of the molecule is COc1ccc(N2C[C@@H](NC(=O)Nc3ccc(NC(C)=O)cc3)CC2=O)cc1. The first-order valence-electron chi connectivity index (χ1n) is 8.84. The summed E-state index contributed by atoms with van der Waals surface area (Å²) in [5.41, 5.74) is 2.00. The van der Waals surface area contributed by atoms with Crippen LogP contribution < -0.4 is 25.6 Å². The van der Waals surface area contributed by atoms with Gasteiger partial charge in [-0.15, -0.1) is 0 Å². The van der Waals surface area contributed by atoms with Crippen LogP contribution in [0.2, 0.25) is 0 Å². The second-order valence-electron chi connectivity index (χ2n) is 6.46. The molecule has 8 heteroatoms. The summed E-state index contributed by atoms with van der Waals surface area (Å²) >= 11 is 0. The Morgan fingerprint density at radius 3 is 2.18 bits per heavy atom. The monoisotopic (exact) mass is 382 g/mol. The van der Waals surface area contributed by atoms with Crippen LogP contribution in [0.3, 0.4) is 0 Å². The Labute approximate surface area is 162 Å². The van der Waals surface area contributed by atoms with Gasteiger partial charge < -0.3 is 25.6 Å². The first-order valence-corrected chi connectivity index (χ1v) is 8.84. The van der Waals surface area contributed by atoms with Crippen LogP contribution in [0.25, 0.3) is 0 Å². The Morgan fingerprint density at radius 1 is 1.00 bits per heavy atom. The van der Waals surface area contributed by atoms with Crippen LogP contribution in [0.5, 0.6) is 5.75 Å². The predicted molar refractivity (Wildman–Crippen MR) is 107 cm³/mol. The van der Waals surface area contributed by atoms with E-state index in [9.17, 15) is 14.4 Å². The molecule has 1 aliphatic heterocycles. The highest BCUT2D eigenvalue weighted by atomic mass is 16.5. The normalized spacial score (nSPS) is 15.9. The third-order valence-corrected chi connectivity index (χ3v) is 4.31. The smallest absolute Gasteiger partial charge is 0.319 e. The van der Waals surface area contributed by atoms with E-state index >= 15 is 0 Å². The van der Waals surface area contributed by atoms with Gasteiger partial charge in [-0.3, -0.25) is 9.59 Å². The zero-order valence-electron chi connectivity index (χ0n) is 15.7. The molecule has 8 nitrogen and oxygen atoms in total. The van der Waals surface area contributed by atoms with E-state index in [2.05, 4.69) is 16.0 Å². The number of amides is 4. The molecule has 3 rings (SSSR count). The number of carbonyl (C=O) groups is 3. The number of nitrogens with one attached hydrogen (secondary N) is 3. The van der Waals surface area contributed by atoms with Gasteiger partial charge in [-0.2, -0.15) is 0 Å². The van der Waals surface area contributed by atoms with Crippen molar-refractivity contribution in [2.75, 3.05) is 29.2 Å². The van der Waals surface area contributed by atoms with E-state index in [1.807, 2.05) is 12.1 Å². The van der Waals surface area contributed by atoms with Crippen molar-refractivity contribution in [1.82, 2.24) is 5.32 Å². The summed E-state index contributed by atoms with van der Waals surface area (Å²) in [6.07, 6.45) is 0.237.